The number of fused-ring (bicyclic) bond motifs is 3. The van der Waals surface area contributed by atoms with Gasteiger partial charge in [0.2, 0.25) is 0 Å². The number of carboxylic acid groups (broad SMARTS) is 1. The first-order chi connectivity index (χ1) is 14.4. The van der Waals surface area contributed by atoms with E-state index in [0.29, 0.717) is 6.42 Å². The van der Waals surface area contributed by atoms with Crippen LogP contribution in [0, 0.1) is 5.41 Å². The highest BCUT2D eigenvalue weighted by atomic mass is 16.5. The summed E-state index contributed by atoms with van der Waals surface area (Å²) in [4.78, 5) is 24.4. The average molecular weight is 411 g/mol. The Labute approximate surface area is 177 Å². The molecule has 6 heteroatoms. The SMILES string of the molecule is CCC[C@@](C)(COC)[C@H](NC(=O)OCC1c2ccccc2-c2ccccc21)C(=O)O. The van der Waals surface area contributed by atoms with E-state index in [0.717, 1.165) is 28.7 Å². The van der Waals surface area contributed by atoms with Crippen LogP contribution in [0.5, 0.6) is 0 Å². The topological polar surface area (TPSA) is 84.9 Å². The van der Waals surface area contributed by atoms with Crippen molar-refractivity contribution < 1.29 is 24.2 Å². The summed E-state index contributed by atoms with van der Waals surface area (Å²) in [6.45, 7) is 4.14. The third kappa shape index (κ3) is 4.33. The Kier molecular flexibility index (Phi) is 6.77. The highest BCUT2D eigenvalue weighted by Gasteiger charge is 2.40. The molecule has 0 fully saturated rings. The number of benzene rings is 2. The molecule has 30 heavy (non-hydrogen) atoms. The van der Waals surface area contributed by atoms with E-state index in [-0.39, 0.29) is 19.1 Å². The van der Waals surface area contributed by atoms with Crippen LogP contribution in [0.2, 0.25) is 0 Å². The van der Waals surface area contributed by atoms with Crippen LogP contribution in [0.4, 0.5) is 4.79 Å². The number of alkyl carbamates (subject to hydrolysis) is 1. The van der Waals surface area contributed by atoms with E-state index in [4.69, 9.17) is 9.47 Å². The van der Waals surface area contributed by atoms with Crippen molar-refractivity contribution in [1.29, 1.82) is 0 Å². The normalized spacial score (nSPS) is 15.6. The lowest BCUT2D eigenvalue weighted by molar-refractivity contribution is -0.144. The van der Waals surface area contributed by atoms with Crippen molar-refractivity contribution in [2.45, 2.75) is 38.6 Å². The number of rotatable bonds is 9. The molecule has 0 saturated heterocycles. The molecule has 0 saturated carbocycles. The lowest BCUT2D eigenvalue weighted by atomic mass is 9.79. The van der Waals surface area contributed by atoms with Crippen LogP contribution < -0.4 is 5.32 Å². The summed E-state index contributed by atoms with van der Waals surface area (Å²) in [5.74, 6) is -1.18. The van der Waals surface area contributed by atoms with Crippen LogP contribution in [0.25, 0.3) is 11.1 Å². The number of amides is 1. The van der Waals surface area contributed by atoms with E-state index in [1.54, 1.807) is 0 Å². The van der Waals surface area contributed by atoms with Gasteiger partial charge in [0.05, 0.1) is 6.61 Å². The van der Waals surface area contributed by atoms with E-state index < -0.39 is 23.5 Å². The largest absolute Gasteiger partial charge is 0.480 e. The first kappa shape index (κ1) is 21.8. The second-order valence-electron chi connectivity index (χ2n) is 8.08. The molecule has 1 amide bonds. The molecule has 1 aliphatic carbocycles. The maximum absolute atomic E-state index is 12.6. The van der Waals surface area contributed by atoms with Gasteiger partial charge in [-0.25, -0.2) is 9.59 Å². The second kappa shape index (κ2) is 9.30. The molecule has 6 nitrogen and oxygen atoms in total. The second-order valence-corrected chi connectivity index (χ2v) is 8.08. The first-order valence-electron chi connectivity index (χ1n) is 10.2. The van der Waals surface area contributed by atoms with Gasteiger partial charge in [-0.3, -0.25) is 0 Å². The van der Waals surface area contributed by atoms with Gasteiger partial charge in [0, 0.05) is 18.4 Å². The van der Waals surface area contributed by atoms with Crippen LogP contribution in [0.15, 0.2) is 48.5 Å². The number of hydrogen-bond donors (Lipinski definition) is 2. The van der Waals surface area contributed by atoms with E-state index in [2.05, 4.69) is 17.4 Å². The summed E-state index contributed by atoms with van der Waals surface area (Å²) in [7, 11) is 1.53. The highest BCUT2D eigenvalue weighted by Crippen LogP contribution is 2.44. The molecule has 0 aliphatic heterocycles. The number of ether oxygens (including phenoxy) is 2. The number of carbonyl (C=O) groups excluding carboxylic acids is 1. The van der Waals surface area contributed by atoms with Gasteiger partial charge < -0.3 is 19.9 Å². The molecule has 0 radical (unpaired) electrons. The summed E-state index contributed by atoms with van der Waals surface area (Å²) < 4.78 is 10.8. The Hall–Kier alpha value is -2.86. The Bertz CT molecular complexity index is 858. The molecule has 0 aromatic heterocycles. The molecule has 0 heterocycles. The fourth-order valence-electron chi connectivity index (χ4n) is 4.49. The van der Waals surface area contributed by atoms with Crippen molar-refractivity contribution in [2.24, 2.45) is 5.41 Å². The Morgan fingerprint density at radius 3 is 2.17 bits per heavy atom. The zero-order chi connectivity index (χ0) is 21.7. The van der Waals surface area contributed by atoms with Crippen LogP contribution >= 0.6 is 0 Å². The molecular weight excluding hydrogens is 382 g/mol. The maximum atomic E-state index is 12.6. The minimum absolute atomic E-state index is 0.0765. The Balaban J connectivity index is 1.73. The number of nitrogens with one attached hydrogen (secondary N) is 1. The van der Waals surface area contributed by atoms with Crippen LogP contribution in [-0.4, -0.2) is 43.5 Å². The van der Waals surface area contributed by atoms with E-state index in [9.17, 15) is 14.7 Å². The highest BCUT2D eigenvalue weighted by molar-refractivity contribution is 5.81. The van der Waals surface area contributed by atoms with Crippen LogP contribution in [0.3, 0.4) is 0 Å². The standard InChI is InChI=1S/C24H29NO5/c1-4-13-24(2,15-29-3)21(22(26)27)25-23(28)30-14-20-18-11-7-5-9-16(18)17-10-6-8-12-19(17)20/h5-12,20-21H,4,13-15H2,1-3H3,(H,25,28)(H,26,27)/t21-,24+/m1/s1. The Morgan fingerprint density at radius 1 is 1.10 bits per heavy atom. The van der Waals surface area contributed by atoms with Crippen LogP contribution in [-0.2, 0) is 14.3 Å². The average Bonchev–Trinajstić information content (AvgIpc) is 3.04. The van der Waals surface area contributed by atoms with Gasteiger partial charge in [-0.2, -0.15) is 0 Å². The van der Waals surface area contributed by atoms with Gasteiger partial charge in [0.25, 0.3) is 0 Å². The minimum Gasteiger partial charge on any atom is -0.480 e. The first-order valence-corrected chi connectivity index (χ1v) is 10.2. The lowest BCUT2D eigenvalue weighted by Gasteiger charge is -2.34. The fraction of sp³-hybridized carbons (Fsp3) is 0.417. The summed E-state index contributed by atoms with van der Waals surface area (Å²) in [6, 6.07) is 15.0. The predicted molar refractivity (Wildman–Crippen MR) is 115 cm³/mol. The molecule has 0 unspecified atom stereocenters. The van der Waals surface area contributed by atoms with Crippen molar-refractivity contribution >= 4 is 12.1 Å². The third-order valence-corrected chi connectivity index (χ3v) is 5.84. The molecule has 3 rings (SSSR count). The smallest absolute Gasteiger partial charge is 0.407 e. The van der Waals surface area contributed by atoms with E-state index >= 15 is 0 Å². The number of carboxylic acids is 1. The molecule has 2 N–H and O–H groups in total. The third-order valence-electron chi connectivity index (χ3n) is 5.84. The molecule has 2 aromatic rings. The molecule has 0 spiro atoms. The monoisotopic (exact) mass is 411 g/mol. The van der Waals surface area contributed by atoms with Gasteiger partial charge in [-0.1, -0.05) is 68.8 Å². The number of methoxy groups -OCH3 is 1. The fourth-order valence-corrected chi connectivity index (χ4v) is 4.49. The quantitative estimate of drug-likeness (QED) is 0.638. The van der Waals surface area contributed by atoms with Crippen molar-refractivity contribution in [3.63, 3.8) is 0 Å². The summed E-state index contributed by atoms with van der Waals surface area (Å²) in [5.41, 5.74) is 3.76. The predicted octanol–water partition coefficient (Wildman–Crippen LogP) is 4.43. The summed E-state index contributed by atoms with van der Waals surface area (Å²) >= 11 is 0. The van der Waals surface area contributed by atoms with E-state index in [1.807, 2.05) is 50.2 Å². The molecular formula is C24H29NO5. The van der Waals surface area contributed by atoms with Gasteiger partial charge in [0.1, 0.15) is 12.6 Å². The minimum atomic E-state index is -1.10. The van der Waals surface area contributed by atoms with Crippen molar-refractivity contribution in [1.82, 2.24) is 5.32 Å². The molecule has 2 atom stereocenters. The van der Waals surface area contributed by atoms with Crippen molar-refractivity contribution in [2.75, 3.05) is 20.3 Å². The van der Waals surface area contributed by atoms with Gasteiger partial charge in [0.15, 0.2) is 0 Å². The Morgan fingerprint density at radius 2 is 1.67 bits per heavy atom. The lowest BCUT2D eigenvalue weighted by Crippen LogP contribution is -2.53. The maximum Gasteiger partial charge on any atom is 0.407 e. The van der Waals surface area contributed by atoms with Crippen molar-refractivity contribution in [3.8, 4) is 11.1 Å². The zero-order valence-electron chi connectivity index (χ0n) is 17.7. The molecule has 2 aromatic carbocycles. The molecule has 160 valence electrons. The van der Waals surface area contributed by atoms with Gasteiger partial charge >= 0.3 is 12.1 Å². The number of hydrogen-bond acceptors (Lipinski definition) is 4. The summed E-state index contributed by atoms with van der Waals surface area (Å²) in [6.07, 6.45) is 0.639. The summed E-state index contributed by atoms with van der Waals surface area (Å²) in [5, 5.41) is 12.3. The van der Waals surface area contributed by atoms with Crippen LogP contribution in [0.1, 0.15) is 43.7 Å². The van der Waals surface area contributed by atoms with Gasteiger partial charge in [-0.05, 0) is 28.7 Å². The number of carbonyl (C=O) groups is 2. The number of aliphatic carboxylic acids is 1. The molecule has 1 aliphatic rings. The van der Waals surface area contributed by atoms with E-state index in [1.165, 1.54) is 7.11 Å². The van der Waals surface area contributed by atoms with Gasteiger partial charge in [-0.15, -0.1) is 0 Å². The van der Waals surface area contributed by atoms with Crippen molar-refractivity contribution in [3.05, 3.63) is 59.7 Å². The zero-order valence-corrected chi connectivity index (χ0v) is 17.7. The molecule has 0 bridgehead atoms.